The second-order valence-electron chi connectivity index (χ2n) is 7.24. The van der Waals surface area contributed by atoms with Crippen molar-refractivity contribution in [3.63, 3.8) is 0 Å². The van der Waals surface area contributed by atoms with Crippen molar-refractivity contribution in [2.45, 2.75) is 50.2 Å². The van der Waals surface area contributed by atoms with Crippen LogP contribution in [0.25, 0.3) is 0 Å². The molecule has 0 aliphatic carbocycles. The molecule has 3 atom stereocenters. The first-order chi connectivity index (χ1) is 12.0. The van der Waals surface area contributed by atoms with Gasteiger partial charge in [-0.25, -0.2) is 0 Å². The van der Waals surface area contributed by atoms with Crippen LogP contribution in [0.3, 0.4) is 0 Å². The third-order valence-corrected chi connectivity index (χ3v) is 6.30. The van der Waals surface area contributed by atoms with Gasteiger partial charge in [-0.3, -0.25) is 9.59 Å². The van der Waals surface area contributed by atoms with Gasteiger partial charge in [-0.15, -0.1) is 12.4 Å². The molecule has 0 spiro atoms. The minimum Gasteiger partial charge on any atom is -0.353 e. The van der Waals surface area contributed by atoms with Crippen LogP contribution in [0.5, 0.6) is 0 Å². The molecule has 2 bridgehead atoms. The highest BCUT2D eigenvalue weighted by molar-refractivity contribution is 6.42. The summed E-state index contributed by atoms with van der Waals surface area (Å²) in [4.78, 5) is 27.0. The number of benzene rings is 1. The Labute approximate surface area is 169 Å². The Bertz CT molecular complexity index is 703. The molecular formula is C18H22Cl3N3O2. The first-order valence-corrected chi connectivity index (χ1v) is 9.59. The van der Waals surface area contributed by atoms with Gasteiger partial charge >= 0.3 is 0 Å². The second kappa shape index (κ2) is 7.93. The number of halogens is 3. The Morgan fingerprint density at radius 2 is 1.81 bits per heavy atom. The lowest BCUT2D eigenvalue weighted by atomic mass is 9.98. The van der Waals surface area contributed by atoms with Gasteiger partial charge in [0, 0.05) is 30.4 Å². The number of nitrogens with zero attached hydrogens (tertiary/aromatic N) is 1. The van der Waals surface area contributed by atoms with E-state index in [2.05, 4.69) is 10.6 Å². The highest BCUT2D eigenvalue weighted by atomic mass is 35.5. The van der Waals surface area contributed by atoms with Gasteiger partial charge in [-0.05, 0) is 50.3 Å². The van der Waals surface area contributed by atoms with Crippen molar-refractivity contribution in [2.75, 3.05) is 11.4 Å². The number of amides is 2. The summed E-state index contributed by atoms with van der Waals surface area (Å²) >= 11 is 12.0. The van der Waals surface area contributed by atoms with Crippen molar-refractivity contribution in [1.82, 2.24) is 10.6 Å². The molecule has 8 heteroatoms. The Hall–Kier alpha value is -1.01. The van der Waals surface area contributed by atoms with E-state index >= 15 is 0 Å². The lowest BCUT2D eigenvalue weighted by Gasteiger charge is -2.30. The molecule has 0 saturated carbocycles. The average molecular weight is 419 g/mol. The summed E-state index contributed by atoms with van der Waals surface area (Å²) in [7, 11) is 0. The highest BCUT2D eigenvalue weighted by Gasteiger charge is 2.40. The van der Waals surface area contributed by atoms with Crippen LogP contribution in [0.15, 0.2) is 18.2 Å². The maximum absolute atomic E-state index is 12.7. The predicted molar refractivity (Wildman–Crippen MR) is 105 cm³/mol. The molecule has 1 aromatic carbocycles. The van der Waals surface area contributed by atoms with Gasteiger partial charge in [-0.2, -0.15) is 0 Å². The van der Waals surface area contributed by atoms with Crippen molar-refractivity contribution in [1.29, 1.82) is 0 Å². The molecule has 3 aliphatic heterocycles. The molecule has 0 aromatic heterocycles. The van der Waals surface area contributed by atoms with Gasteiger partial charge in [0.1, 0.15) is 5.92 Å². The number of hydrogen-bond donors (Lipinski definition) is 2. The van der Waals surface area contributed by atoms with Crippen LogP contribution in [0, 0.1) is 5.92 Å². The molecule has 1 aromatic rings. The standard InChI is InChI=1S/C18H21Cl2N3O2.ClH/c19-15-4-3-13(9-16(15)20)23-6-5-14(18(23)25)17(24)22-12-7-10-1-2-11(8-12)21-10;/h3-4,9-12,14,21H,1-2,5-8H2,(H,22,24);1H. The minimum atomic E-state index is -0.609. The number of fused-ring (bicyclic) bond motifs is 2. The molecule has 142 valence electrons. The van der Waals surface area contributed by atoms with Crippen molar-refractivity contribution in [2.24, 2.45) is 5.92 Å². The monoisotopic (exact) mass is 417 g/mol. The summed E-state index contributed by atoms with van der Waals surface area (Å²) in [6.45, 7) is 0.520. The van der Waals surface area contributed by atoms with Crippen LogP contribution in [-0.2, 0) is 9.59 Å². The van der Waals surface area contributed by atoms with E-state index in [0.717, 1.165) is 12.8 Å². The second-order valence-corrected chi connectivity index (χ2v) is 8.06. The molecule has 3 heterocycles. The first kappa shape index (κ1) is 19.7. The Kier molecular flexibility index (Phi) is 6.02. The quantitative estimate of drug-likeness (QED) is 0.741. The largest absolute Gasteiger partial charge is 0.353 e. The molecule has 4 rings (SSSR count). The molecule has 26 heavy (non-hydrogen) atoms. The molecule has 2 amide bonds. The molecule has 2 N–H and O–H groups in total. The number of hydrogen-bond acceptors (Lipinski definition) is 3. The number of rotatable bonds is 3. The molecule has 3 fully saturated rings. The SMILES string of the molecule is Cl.O=C(NC1CC2CCC(C1)N2)C1CCN(c2ccc(Cl)c(Cl)c2)C1=O. The maximum atomic E-state index is 12.7. The number of nitrogens with one attached hydrogen (secondary N) is 2. The van der Waals surface area contributed by atoms with Crippen molar-refractivity contribution in [3.05, 3.63) is 28.2 Å². The van der Waals surface area contributed by atoms with E-state index in [4.69, 9.17) is 23.2 Å². The first-order valence-electron chi connectivity index (χ1n) is 8.84. The van der Waals surface area contributed by atoms with Crippen LogP contribution >= 0.6 is 35.6 Å². The van der Waals surface area contributed by atoms with Crippen LogP contribution in [0.2, 0.25) is 10.0 Å². The van der Waals surface area contributed by atoms with Gasteiger partial charge < -0.3 is 15.5 Å². The van der Waals surface area contributed by atoms with E-state index < -0.39 is 5.92 Å². The van der Waals surface area contributed by atoms with Gasteiger partial charge in [-0.1, -0.05) is 23.2 Å². The third-order valence-electron chi connectivity index (χ3n) is 5.56. The Morgan fingerprint density at radius 1 is 1.12 bits per heavy atom. The van der Waals surface area contributed by atoms with Crippen LogP contribution in [0.4, 0.5) is 5.69 Å². The molecular weight excluding hydrogens is 397 g/mol. The fourth-order valence-electron chi connectivity index (χ4n) is 4.31. The predicted octanol–water partition coefficient (Wildman–Crippen LogP) is 3.17. The molecule has 3 aliphatic rings. The number of carbonyl (C=O) groups is 2. The highest BCUT2D eigenvalue weighted by Crippen LogP contribution is 2.32. The van der Waals surface area contributed by atoms with E-state index in [0.29, 0.717) is 40.8 Å². The van der Waals surface area contributed by atoms with Gasteiger partial charge in [0.05, 0.1) is 10.0 Å². The van der Waals surface area contributed by atoms with Gasteiger partial charge in [0.2, 0.25) is 11.8 Å². The number of carbonyl (C=O) groups excluding carboxylic acids is 2. The van der Waals surface area contributed by atoms with Crippen molar-refractivity contribution in [3.8, 4) is 0 Å². The molecule has 3 unspecified atom stereocenters. The summed E-state index contributed by atoms with van der Waals surface area (Å²) in [5, 5.41) is 7.53. The van der Waals surface area contributed by atoms with E-state index in [-0.39, 0.29) is 30.3 Å². The fraction of sp³-hybridized carbons (Fsp3) is 0.556. The summed E-state index contributed by atoms with van der Waals surface area (Å²) in [6, 6.07) is 6.30. The smallest absolute Gasteiger partial charge is 0.239 e. The summed E-state index contributed by atoms with van der Waals surface area (Å²) < 4.78 is 0. The van der Waals surface area contributed by atoms with Crippen LogP contribution in [0.1, 0.15) is 32.1 Å². The average Bonchev–Trinajstić information content (AvgIpc) is 3.12. The van der Waals surface area contributed by atoms with E-state index in [1.54, 1.807) is 23.1 Å². The van der Waals surface area contributed by atoms with Crippen LogP contribution < -0.4 is 15.5 Å². The zero-order chi connectivity index (χ0) is 17.6. The molecule has 0 radical (unpaired) electrons. The normalized spacial score (nSPS) is 30.2. The van der Waals surface area contributed by atoms with Gasteiger partial charge in [0.15, 0.2) is 0 Å². The summed E-state index contributed by atoms with van der Waals surface area (Å²) in [5.74, 6) is -0.909. The minimum absolute atomic E-state index is 0. The number of anilines is 1. The lowest BCUT2D eigenvalue weighted by Crippen LogP contribution is -2.50. The zero-order valence-electron chi connectivity index (χ0n) is 14.2. The van der Waals surface area contributed by atoms with Crippen LogP contribution in [-0.4, -0.2) is 36.5 Å². The van der Waals surface area contributed by atoms with Crippen molar-refractivity contribution < 1.29 is 9.59 Å². The Balaban J connectivity index is 0.00000196. The summed E-state index contributed by atoms with van der Waals surface area (Å²) in [6.07, 6.45) is 4.82. The maximum Gasteiger partial charge on any atom is 0.239 e. The molecule has 3 saturated heterocycles. The third kappa shape index (κ3) is 3.81. The van der Waals surface area contributed by atoms with E-state index in [9.17, 15) is 9.59 Å². The lowest BCUT2D eigenvalue weighted by molar-refractivity contribution is -0.132. The van der Waals surface area contributed by atoms with Gasteiger partial charge in [0.25, 0.3) is 0 Å². The van der Waals surface area contributed by atoms with E-state index in [1.807, 2.05) is 0 Å². The topological polar surface area (TPSA) is 61.4 Å². The van der Waals surface area contributed by atoms with Crippen molar-refractivity contribution >= 4 is 53.1 Å². The fourth-order valence-corrected chi connectivity index (χ4v) is 4.60. The summed E-state index contributed by atoms with van der Waals surface area (Å²) in [5.41, 5.74) is 0.689. The van der Waals surface area contributed by atoms with E-state index in [1.165, 1.54) is 12.8 Å². The zero-order valence-corrected chi connectivity index (χ0v) is 16.5. The Morgan fingerprint density at radius 3 is 2.46 bits per heavy atom. The molecule has 5 nitrogen and oxygen atoms in total. The number of piperidine rings is 1.